The number of carbonyl (C=O) groups is 2. The minimum atomic E-state index is -4.12. The molecule has 0 fully saturated rings. The number of aryl methyl sites for hydroxylation is 2. The molecule has 40 heavy (non-hydrogen) atoms. The van der Waals surface area contributed by atoms with Gasteiger partial charge in [-0.1, -0.05) is 60.5 Å². The van der Waals surface area contributed by atoms with E-state index in [1.54, 1.807) is 60.7 Å². The Balaban J connectivity index is 2.10. The Morgan fingerprint density at radius 2 is 1.55 bits per heavy atom. The Hall–Kier alpha value is -3.36. The van der Waals surface area contributed by atoms with Crippen LogP contribution in [0.4, 0.5) is 5.69 Å². The molecule has 0 aliphatic carbocycles. The van der Waals surface area contributed by atoms with Crippen LogP contribution in [-0.4, -0.2) is 43.8 Å². The third kappa shape index (κ3) is 7.43. The van der Waals surface area contributed by atoms with E-state index in [1.807, 2.05) is 47.6 Å². The van der Waals surface area contributed by atoms with Gasteiger partial charge in [0.1, 0.15) is 12.6 Å². The standard InChI is InChI=1S/C31H38ClN3O4S/c1-7-28(31(37)33-21(2)3)34(19-25-13-15-26(32)16-14-25)30(36)20-35(29-10-8-9-23(5)24(29)6)40(38,39)27-17-11-22(4)12-18-27/h8-18,21,28H,7,19-20H2,1-6H3,(H,33,37). The molecule has 0 aliphatic rings. The summed E-state index contributed by atoms with van der Waals surface area (Å²) in [5, 5.41) is 3.45. The van der Waals surface area contributed by atoms with Crippen LogP contribution in [0.2, 0.25) is 5.02 Å². The predicted octanol–water partition coefficient (Wildman–Crippen LogP) is 5.79. The van der Waals surface area contributed by atoms with E-state index in [4.69, 9.17) is 11.6 Å². The fraction of sp³-hybridized carbons (Fsp3) is 0.355. The van der Waals surface area contributed by atoms with E-state index in [1.165, 1.54) is 4.90 Å². The van der Waals surface area contributed by atoms with Crippen LogP contribution < -0.4 is 9.62 Å². The Morgan fingerprint density at radius 1 is 0.925 bits per heavy atom. The monoisotopic (exact) mass is 583 g/mol. The lowest BCUT2D eigenvalue weighted by atomic mass is 10.1. The molecular formula is C31H38ClN3O4S. The third-order valence-electron chi connectivity index (χ3n) is 6.82. The van der Waals surface area contributed by atoms with E-state index in [0.29, 0.717) is 17.1 Å². The highest BCUT2D eigenvalue weighted by atomic mass is 35.5. The SMILES string of the molecule is CCC(C(=O)NC(C)C)N(Cc1ccc(Cl)cc1)C(=O)CN(c1cccc(C)c1C)S(=O)(=O)c1ccc(C)cc1. The first-order chi connectivity index (χ1) is 18.8. The lowest BCUT2D eigenvalue weighted by Gasteiger charge is -2.34. The second-order valence-electron chi connectivity index (χ2n) is 10.3. The van der Waals surface area contributed by atoms with Crippen molar-refractivity contribution < 1.29 is 18.0 Å². The molecule has 1 unspecified atom stereocenters. The van der Waals surface area contributed by atoms with E-state index >= 15 is 0 Å². The number of nitrogens with zero attached hydrogens (tertiary/aromatic N) is 2. The van der Waals surface area contributed by atoms with Gasteiger partial charge >= 0.3 is 0 Å². The summed E-state index contributed by atoms with van der Waals surface area (Å²) >= 11 is 6.07. The molecule has 0 spiro atoms. The zero-order valence-electron chi connectivity index (χ0n) is 23.9. The van der Waals surface area contributed by atoms with E-state index in [0.717, 1.165) is 26.6 Å². The van der Waals surface area contributed by atoms with Gasteiger partial charge in [-0.15, -0.1) is 0 Å². The molecule has 7 nitrogen and oxygen atoms in total. The van der Waals surface area contributed by atoms with Gasteiger partial charge in [-0.25, -0.2) is 8.42 Å². The highest BCUT2D eigenvalue weighted by Gasteiger charge is 2.34. The molecule has 0 aliphatic heterocycles. The van der Waals surface area contributed by atoms with Crippen LogP contribution in [0.15, 0.2) is 71.6 Å². The number of amides is 2. The number of carbonyl (C=O) groups excluding carboxylic acids is 2. The first-order valence-electron chi connectivity index (χ1n) is 13.3. The van der Waals surface area contributed by atoms with Crippen molar-refractivity contribution in [2.75, 3.05) is 10.8 Å². The van der Waals surface area contributed by atoms with Crippen molar-refractivity contribution in [1.82, 2.24) is 10.2 Å². The van der Waals surface area contributed by atoms with Gasteiger partial charge in [0.05, 0.1) is 10.6 Å². The number of halogens is 1. The molecule has 0 saturated heterocycles. The molecule has 1 atom stereocenters. The maximum Gasteiger partial charge on any atom is 0.264 e. The normalized spacial score (nSPS) is 12.2. The Morgan fingerprint density at radius 3 is 2.12 bits per heavy atom. The van der Waals surface area contributed by atoms with E-state index in [-0.39, 0.29) is 23.4 Å². The molecule has 0 heterocycles. The van der Waals surface area contributed by atoms with Crippen molar-refractivity contribution in [1.29, 1.82) is 0 Å². The predicted molar refractivity (Wildman–Crippen MR) is 161 cm³/mol. The van der Waals surface area contributed by atoms with Crippen LogP contribution in [0, 0.1) is 20.8 Å². The molecule has 1 N–H and O–H groups in total. The van der Waals surface area contributed by atoms with Gasteiger partial charge in [0.2, 0.25) is 11.8 Å². The van der Waals surface area contributed by atoms with E-state index in [2.05, 4.69) is 5.32 Å². The van der Waals surface area contributed by atoms with Crippen molar-refractivity contribution in [2.24, 2.45) is 0 Å². The number of hydrogen-bond donors (Lipinski definition) is 1. The molecule has 0 saturated carbocycles. The van der Waals surface area contributed by atoms with Crippen molar-refractivity contribution in [3.05, 3.63) is 94.0 Å². The Kier molecular flexibility index (Phi) is 10.4. The minimum absolute atomic E-state index is 0.0839. The minimum Gasteiger partial charge on any atom is -0.352 e. The molecule has 3 aromatic carbocycles. The number of sulfonamides is 1. The summed E-state index contributed by atoms with van der Waals surface area (Å²) < 4.78 is 29.2. The van der Waals surface area contributed by atoms with Gasteiger partial charge in [0.25, 0.3) is 10.0 Å². The van der Waals surface area contributed by atoms with Gasteiger partial charge in [-0.05, 0) is 88.1 Å². The second kappa shape index (κ2) is 13.3. The van der Waals surface area contributed by atoms with Crippen molar-refractivity contribution in [2.45, 2.75) is 71.5 Å². The zero-order chi connectivity index (χ0) is 29.6. The average molecular weight is 584 g/mol. The Labute approximate surface area is 243 Å². The van der Waals surface area contributed by atoms with Crippen LogP contribution in [0.5, 0.6) is 0 Å². The van der Waals surface area contributed by atoms with Gasteiger partial charge in [0.15, 0.2) is 0 Å². The third-order valence-corrected chi connectivity index (χ3v) is 8.84. The number of hydrogen-bond acceptors (Lipinski definition) is 4. The summed E-state index contributed by atoms with van der Waals surface area (Å²) in [7, 11) is -4.12. The molecular weight excluding hydrogens is 546 g/mol. The van der Waals surface area contributed by atoms with Crippen LogP contribution >= 0.6 is 11.6 Å². The van der Waals surface area contributed by atoms with Gasteiger partial charge in [-0.3, -0.25) is 13.9 Å². The maximum atomic E-state index is 14.1. The smallest absolute Gasteiger partial charge is 0.264 e. The highest BCUT2D eigenvalue weighted by Crippen LogP contribution is 2.29. The van der Waals surface area contributed by atoms with Crippen molar-refractivity contribution in [3.8, 4) is 0 Å². The van der Waals surface area contributed by atoms with Crippen LogP contribution in [0.3, 0.4) is 0 Å². The summed E-state index contributed by atoms with van der Waals surface area (Å²) in [6.07, 6.45) is 0.353. The molecule has 3 aromatic rings. The fourth-order valence-corrected chi connectivity index (χ4v) is 6.04. The fourth-order valence-electron chi connectivity index (χ4n) is 4.44. The molecule has 0 bridgehead atoms. The lowest BCUT2D eigenvalue weighted by Crippen LogP contribution is -2.53. The molecule has 0 aromatic heterocycles. The molecule has 9 heteroatoms. The largest absolute Gasteiger partial charge is 0.352 e. The van der Waals surface area contributed by atoms with Gasteiger partial charge in [0, 0.05) is 17.6 Å². The highest BCUT2D eigenvalue weighted by molar-refractivity contribution is 7.92. The lowest BCUT2D eigenvalue weighted by molar-refractivity contribution is -0.140. The zero-order valence-corrected chi connectivity index (χ0v) is 25.5. The second-order valence-corrected chi connectivity index (χ2v) is 12.6. The Bertz CT molecular complexity index is 1440. The molecule has 3 rings (SSSR count). The summed E-state index contributed by atoms with van der Waals surface area (Å²) in [5.41, 5.74) is 3.76. The topological polar surface area (TPSA) is 86.8 Å². The quantitative estimate of drug-likeness (QED) is 0.309. The average Bonchev–Trinajstić information content (AvgIpc) is 2.89. The molecule has 214 valence electrons. The first kappa shape index (κ1) is 31.2. The first-order valence-corrected chi connectivity index (χ1v) is 15.2. The summed E-state index contributed by atoms with van der Waals surface area (Å²) in [5.74, 6) is -0.781. The van der Waals surface area contributed by atoms with E-state index < -0.39 is 28.5 Å². The molecule has 0 radical (unpaired) electrons. The maximum absolute atomic E-state index is 14.1. The van der Waals surface area contributed by atoms with Crippen LogP contribution in [0.1, 0.15) is 49.4 Å². The summed E-state index contributed by atoms with van der Waals surface area (Å²) in [6, 6.07) is 18.0. The van der Waals surface area contributed by atoms with E-state index in [9.17, 15) is 18.0 Å². The molecule has 2 amide bonds. The van der Waals surface area contributed by atoms with Gasteiger partial charge in [-0.2, -0.15) is 0 Å². The summed E-state index contributed by atoms with van der Waals surface area (Å²) in [6.45, 7) is 10.8. The number of rotatable bonds is 11. The summed E-state index contributed by atoms with van der Waals surface area (Å²) in [4.78, 5) is 28.9. The number of benzene rings is 3. The van der Waals surface area contributed by atoms with Crippen molar-refractivity contribution >= 4 is 39.1 Å². The van der Waals surface area contributed by atoms with Gasteiger partial charge < -0.3 is 10.2 Å². The van der Waals surface area contributed by atoms with Crippen LogP contribution in [0.25, 0.3) is 0 Å². The van der Waals surface area contributed by atoms with Crippen LogP contribution in [-0.2, 0) is 26.2 Å². The number of anilines is 1. The number of nitrogens with one attached hydrogen (secondary N) is 1. The van der Waals surface area contributed by atoms with Crippen molar-refractivity contribution in [3.63, 3.8) is 0 Å².